The van der Waals surface area contributed by atoms with Crippen molar-refractivity contribution in [1.29, 1.82) is 0 Å². The van der Waals surface area contributed by atoms with Crippen molar-refractivity contribution >= 4 is 35.5 Å². The predicted molar refractivity (Wildman–Crippen MR) is 22.0 cm³/mol. The standard InChI is InChI=1S/Al.ClHO3S.2Li.2O/c;1-5(2,3)4;;;;/h;(H,2,3,4);;;;/q;;2*+1;;-1/p-1. The molecule has 0 bridgehead atoms. The fraction of sp³-hybridized carbons (Fsp3) is 0. The summed E-state index contributed by atoms with van der Waals surface area (Å²) in [5.74, 6) is 0. The van der Waals surface area contributed by atoms with Gasteiger partial charge in [0.05, 0.1) is 0 Å². The Morgan fingerprint density at radius 3 is 1.30 bits per heavy atom. The summed E-state index contributed by atoms with van der Waals surface area (Å²) >= 11 is -1.75. The van der Waals surface area contributed by atoms with Gasteiger partial charge in [-0.3, -0.25) is 0 Å². The van der Waals surface area contributed by atoms with Gasteiger partial charge in [-0.15, -0.1) is 0 Å². The van der Waals surface area contributed by atoms with E-state index in [0.717, 1.165) is 0 Å². The summed E-state index contributed by atoms with van der Waals surface area (Å²) in [5.41, 5.74) is 0. The number of hydrogen-bond donors (Lipinski definition) is 0. The number of hydrogen-bond acceptors (Lipinski definition) is 5. The van der Waals surface area contributed by atoms with E-state index < -0.39 is 24.8 Å². The van der Waals surface area contributed by atoms with Gasteiger partial charge in [0.2, 0.25) is 0 Å². The van der Waals surface area contributed by atoms with Crippen molar-refractivity contribution in [2.75, 3.05) is 0 Å². The van der Waals surface area contributed by atoms with Crippen LogP contribution in [0.1, 0.15) is 0 Å². The van der Waals surface area contributed by atoms with Crippen molar-refractivity contribution in [1.82, 2.24) is 0 Å². The Morgan fingerprint density at radius 2 is 1.30 bits per heavy atom. The molecule has 5 nitrogen and oxygen atoms in total. The van der Waals surface area contributed by atoms with Crippen LogP contribution in [0, 0.1) is 0 Å². The second-order valence-corrected chi connectivity index (χ2v) is 2.60. The molecule has 0 heterocycles. The van der Waals surface area contributed by atoms with Crippen molar-refractivity contribution in [3.63, 3.8) is 0 Å². The van der Waals surface area contributed by atoms with Gasteiger partial charge in [0.1, 0.15) is 0 Å². The Bertz CT molecular complexity index is 134. The summed E-state index contributed by atoms with van der Waals surface area (Å²) in [4.78, 5) is 0. The molecule has 0 rings (SSSR count). The zero-order chi connectivity index (χ0) is 7.21. The van der Waals surface area contributed by atoms with Gasteiger partial charge >= 0.3 is 61.2 Å². The van der Waals surface area contributed by atoms with Crippen molar-refractivity contribution in [2.24, 2.45) is 0 Å². The van der Waals surface area contributed by atoms with Crippen LogP contribution in [0.2, 0.25) is 0 Å². The first-order chi connectivity index (χ1) is 3.41. The molecule has 0 saturated carbocycles. The van der Waals surface area contributed by atoms with Crippen LogP contribution >= 0.6 is 10.7 Å². The van der Waals surface area contributed by atoms with Crippen LogP contribution in [0.4, 0.5) is 0 Å². The molecule has 0 radical (unpaired) electrons. The van der Waals surface area contributed by atoms with Crippen LogP contribution in [0.5, 0.6) is 0 Å². The summed E-state index contributed by atoms with van der Waals surface area (Å²) in [7, 11) is -0.498. The molecular weight excluding hydrogens is 188 g/mol. The topological polar surface area (TPSA) is 97.3 Å². The van der Waals surface area contributed by atoms with Crippen molar-refractivity contribution in [3.8, 4) is 0 Å². The van der Waals surface area contributed by atoms with E-state index in [-0.39, 0.29) is 37.7 Å². The molecule has 0 unspecified atom stereocenters. The van der Waals surface area contributed by atoms with E-state index in [4.69, 9.17) is 20.9 Å². The molecule has 0 aromatic heterocycles. The van der Waals surface area contributed by atoms with Crippen LogP contribution in [0.3, 0.4) is 0 Å². The molecule has 0 aliphatic carbocycles. The SMILES string of the molecule is O=S(=O)([O-])Cl.[Li+].[Li+].[O]=[Al][O-]. The monoisotopic (exact) mass is 188 g/mol. The van der Waals surface area contributed by atoms with Crippen LogP contribution in [-0.4, -0.2) is 28.5 Å². The van der Waals surface area contributed by atoms with Gasteiger partial charge in [-0.2, -0.15) is 0 Å². The quantitative estimate of drug-likeness (QED) is 0.214. The van der Waals surface area contributed by atoms with Crippen LogP contribution in [-0.2, 0) is 13.1 Å². The number of rotatable bonds is 0. The molecule has 0 atom stereocenters. The van der Waals surface area contributed by atoms with E-state index in [2.05, 4.69) is 10.7 Å². The molecule has 0 saturated heterocycles. The normalized spacial score (nSPS) is 6.60. The first kappa shape index (κ1) is 22.5. The van der Waals surface area contributed by atoms with E-state index in [1.807, 2.05) is 0 Å². The van der Waals surface area contributed by atoms with Crippen molar-refractivity contribution in [3.05, 3.63) is 0 Å². The maximum atomic E-state index is 8.84. The summed E-state index contributed by atoms with van der Waals surface area (Å²) < 4.78 is 43.4. The molecule has 10 heavy (non-hydrogen) atoms. The van der Waals surface area contributed by atoms with E-state index in [1.165, 1.54) is 0 Å². The summed E-state index contributed by atoms with van der Waals surface area (Å²) in [5, 5.41) is 0. The van der Waals surface area contributed by atoms with Crippen molar-refractivity contribution in [2.45, 2.75) is 0 Å². The number of halogens is 1. The first-order valence-corrected chi connectivity index (χ1v) is 4.30. The molecule has 0 aromatic carbocycles. The molecular formula is AlClLi2O5S. The van der Waals surface area contributed by atoms with Crippen LogP contribution in [0.25, 0.3) is 0 Å². The molecule has 0 aliphatic heterocycles. The van der Waals surface area contributed by atoms with Crippen LogP contribution < -0.4 is 41.9 Å². The second-order valence-electron chi connectivity index (χ2n) is 0.489. The van der Waals surface area contributed by atoms with E-state index >= 15 is 0 Å². The van der Waals surface area contributed by atoms with Gasteiger partial charge in [0, 0.05) is 10.7 Å². The Hall–Kier alpha value is 1.53. The minimum atomic E-state index is -4.44. The van der Waals surface area contributed by atoms with Gasteiger partial charge < -0.3 is 4.55 Å². The summed E-state index contributed by atoms with van der Waals surface area (Å²) in [6.45, 7) is 0. The molecule has 48 valence electrons. The zero-order valence-corrected chi connectivity index (χ0v) is 8.13. The Morgan fingerprint density at radius 1 is 1.30 bits per heavy atom. The molecule has 0 N–H and O–H groups in total. The van der Waals surface area contributed by atoms with Gasteiger partial charge in [-0.25, -0.2) is 8.42 Å². The minimum absolute atomic E-state index is 0. The average Bonchev–Trinajstić information content (AvgIpc) is 1.27. The summed E-state index contributed by atoms with van der Waals surface area (Å²) in [6.07, 6.45) is 0. The van der Waals surface area contributed by atoms with Gasteiger partial charge in [0.25, 0.3) is 0 Å². The summed E-state index contributed by atoms with van der Waals surface area (Å²) in [6, 6.07) is 0. The van der Waals surface area contributed by atoms with Gasteiger partial charge in [-0.05, 0) is 0 Å². The Labute approximate surface area is 93.4 Å². The molecule has 0 amide bonds. The molecule has 10 heteroatoms. The molecule has 0 spiro atoms. The van der Waals surface area contributed by atoms with E-state index in [9.17, 15) is 0 Å². The van der Waals surface area contributed by atoms with Gasteiger partial charge in [0.15, 0.2) is 9.33 Å². The van der Waals surface area contributed by atoms with Gasteiger partial charge in [-0.1, -0.05) is 0 Å². The fourth-order valence-electron chi connectivity index (χ4n) is 0. The van der Waals surface area contributed by atoms with Crippen LogP contribution in [0.15, 0.2) is 0 Å². The Balaban J connectivity index is -0.0000000326. The molecule has 0 aliphatic rings. The average molecular weight is 188 g/mol. The Kier molecular flexibility index (Phi) is 29.6. The fourth-order valence-corrected chi connectivity index (χ4v) is 0. The third-order valence-corrected chi connectivity index (χ3v) is 0. The first-order valence-electron chi connectivity index (χ1n) is 1.13. The third-order valence-electron chi connectivity index (χ3n) is 0. The van der Waals surface area contributed by atoms with E-state index in [1.54, 1.807) is 0 Å². The third kappa shape index (κ3) is 297. The van der Waals surface area contributed by atoms with E-state index in [0.29, 0.717) is 0 Å². The maximum absolute atomic E-state index is 8.84. The van der Waals surface area contributed by atoms with Crippen molar-refractivity contribution < 1.29 is 58.7 Å². The molecule has 0 aromatic rings. The second kappa shape index (κ2) is 13.1. The zero-order valence-electron chi connectivity index (χ0n) is 5.40. The predicted octanol–water partition coefficient (Wildman–Crippen LogP) is -8.00. The molecule has 0 fully saturated rings.